The Labute approximate surface area is 126 Å². The number of thioether (sulfide) groups is 1. The summed E-state index contributed by atoms with van der Waals surface area (Å²) in [7, 11) is 0. The van der Waals surface area contributed by atoms with Crippen molar-refractivity contribution in [3.8, 4) is 0 Å². The molecule has 116 valence electrons. The standard InChI is InChI=1S/C15H19F3N2S/c1-2-12(19)10-11-4-3-5-14-13(11)6-7-20(14)8-9-21-15(16,17)18/h3-7,12H,2,8-10,19H2,1H3. The number of hydrogen-bond acceptors (Lipinski definition) is 2. The second-order valence-corrected chi connectivity index (χ2v) is 6.19. The van der Waals surface area contributed by atoms with Gasteiger partial charge in [0.05, 0.1) is 0 Å². The van der Waals surface area contributed by atoms with Crippen molar-refractivity contribution >= 4 is 22.7 Å². The van der Waals surface area contributed by atoms with Gasteiger partial charge < -0.3 is 10.3 Å². The molecule has 0 spiro atoms. The molecule has 1 unspecified atom stereocenters. The van der Waals surface area contributed by atoms with Gasteiger partial charge in [0.25, 0.3) is 0 Å². The number of fused-ring (bicyclic) bond motifs is 1. The molecule has 2 N–H and O–H groups in total. The van der Waals surface area contributed by atoms with E-state index in [9.17, 15) is 13.2 Å². The number of benzene rings is 1. The van der Waals surface area contributed by atoms with Gasteiger partial charge >= 0.3 is 5.51 Å². The van der Waals surface area contributed by atoms with E-state index in [-0.39, 0.29) is 23.6 Å². The molecule has 1 heterocycles. The van der Waals surface area contributed by atoms with E-state index >= 15 is 0 Å². The highest BCUT2D eigenvalue weighted by Gasteiger charge is 2.27. The highest BCUT2D eigenvalue weighted by molar-refractivity contribution is 8.00. The van der Waals surface area contributed by atoms with Gasteiger partial charge in [-0.15, -0.1) is 0 Å². The first-order chi connectivity index (χ1) is 9.90. The number of nitrogens with two attached hydrogens (primary N) is 1. The van der Waals surface area contributed by atoms with Crippen molar-refractivity contribution in [2.75, 3.05) is 5.75 Å². The van der Waals surface area contributed by atoms with Gasteiger partial charge in [-0.3, -0.25) is 0 Å². The van der Waals surface area contributed by atoms with Gasteiger partial charge in [0.2, 0.25) is 0 Å². The van der Waals surface area contributed by atoms with Crippen LogP contribution in [0.25, 0.3) is 10.9 Å². The topological polar surface area (TPSA) is 30.9 Å². The first-order valence-corrected chi connectivity index (χ1v) is 7.92. The molecular formula is C15H19F3N2S. The zero-order chi connectivity index (χ0) is 15.5. The van der Waals surface area contributed by atoms with Gasteiger partial charge in [-0.1, -0.05) is 19.1 Å². The van der Waals surface area contributed by atoms with E-state index in [4.69, 9.17) is 5.73 Å². The summed E-state index contributed by atoms with van der Waals surface area (Å²) in [5.41, 5.74) is 3.96. The number of hydrogen-bond donors (Lipinski definition) is 1. The van der Waals surface area contributed by atoms with Gasteiger partial charge in [-0.2, -0.15) is 13.2 Å². The summed E-state index contributed by atoms with van der Waals surface area (Å²) in [6.45, 7) is 2.39. The molecule has 0 aliphatic rings. The molecular weight excluding hydrogens is 297 g/mol. The van der Waals surface area contributed by atoms with Crippen molar-refractivity contribution < 1.29 is 13.2 Å². The Morgan fingerprint density at radius 1 is 1.29 bits per heavy atom. The summed E-state index contributed by atoms with van der Waals surface area (Å²) >= 11 is 0.0180. The first-order valence-electron chi connectivity index (χ1n) is 6.93. The van der Waals surface area contributed by atoms with Gasteiger partial charge in [0, 0.05) is 35.4 Å². The second kappa shape index (κ2) is 6.75. The van der Waals surface area contributed by atoms with E-state index in [1.807, 2.05) is 42.0 Å². The van der Waals surface area contributed by atoms with Crippen molar-refractivity contribution in [2.24, 2.45) is 5.73 Å². The Kier molecular flexibility index (Phi) is 5.22. The quantitative estimate of drug-likeness (QED) is 0.867. The molecule has 0 fully saturated rings. The average molecular weight is 316 g/mol. The Balaban J connectivity index is 2.14. The zero-order valence-corrected chi connectivity index (χ0v) is 12.7. The Morgan fingerprint density at radius 2 is 2.05 bits per heavy atom. The lowest BCUT2D eigenvalue weighted by atomic mass is 10.0. The minimum absolute atomic E-state index is 0.0180. The molecule has 2 aromatic rings. The van der Waals surface area contributed by atoms with E-state index in [0.717, 1.165) is 29.3 Å². The Morgan fingerprint density at radius 3 is 2.71 bits per heavy atom. The number of nitrogens with zero attached hydrogens (tertiary/aromatic N) is 1. The predicted octanol–water partition coefficient (Wildman–Crippen LogP) is 4.17. The van der Waals surface area contributed by atoms with Crippen molar-refractivity contribution in [1.29, 1.82) is 0 Å². The number of halogens is 3. The molecule has 2 nitrogen and oxygen atoms in total. The maximum Gasteiger partial charge on any atom is 0.441 e. The molecule has 0 bridgehead atoms. The van der Waals surface area contributed by atoms with Crippen LogP contribution in [0.4, 0.5) is 13.2 Å². The molecule has 0 radical (unpaired) electrons. The second-order valence-electron chi connectivity index (χ2n) is 5.03. The van der Waals surface area contributed by atoms with Crippen LogP contribution in [0.15, 0.2) is 30.5 Å². The van der Waals surface area contributed by atoms with Crippen LogP contribution < -0.4 is 5.73 Å². The molecule has 0 amide bonds. The van der Waals surface area contributed by atoms with Gasteiger partial charge in [0.1, 0.15) is 0 Å². The minimum atomic E-state index is -4.16. The average Bonchev–Trinajstić information content (AvgIpc) is 2.82. The third-order valence-electron chi connectivity index (χ3n) is 3.51. The third-order valence-corrected chi connectivity index (χ3v) is 4.22. The summed E-state index contributed by atoms with van der Waals surface area (Å²) in [6.07, 6.45) is 3.54. The van der Waals surface area contributed by atoms with Crippen LogP contribution >= 0.6 is 11.8 Å². The molecule has 0 aliphatic carbocycles. The zero-order valence-electron chi connectivity index (χ0n) is 11.9. The smallest absolute Gasteiger partial charge is 0.347 e. The van der Waals surface area contributed by atoms with Crippen LogP contribution in [0.2, 0.25) is 0 Å². The number of alkyl halides is 3. The maximum atomic E-state index is 12.2. The molecule has 0 saturated heterocycles. The summed E-state index contributed by atoms with van der Waals surface area (Å²) in [4.78, 5) is 0. The fraction of sp³-hybridized carbons (Fsp3) is 0.467. The van der Waals surface area contributed by atoms with Crippen molar-refractivity contribution in [3.05, 3.63) is 36.0 Å². The molecule has 0 saturated carbocycles. The van der Waals surface area contributed by atoms with Crippen LogP contribution in [0.5, 0.6) is 0 Å². The fourth-order valence-electron chi connectivity index (χ4n) is 2.35. The number of aromatic nitrogens is 1. The van der Waals surface area contributed by atoms with E-state index in [0.29, 0.717) is 6.54 Å². The van der Waals surface area contributed by atoms with Crippen LogP contribution in [-0.2, 0) is 13.0 Å². The SMILES string of the molecule is CCC(N)Cc1cccc2c1ccn2CCSC(F)(F)F. The fourth-order valence-corrected chi connectivity index (χ4v) is 2.87. The molecule has 21 heavy (non-hydrogen) atoms. The maximum absolute atomic E-state index is 12.2. The largest absolute Gasteiger partial charge is 0.441 e. The predicted molar refractivity (Wildman–Crippen MR) is 82.4 cm³/mol. The lowest BCUT2D eigenvalue weighted by Crippen LogP contribution is -2.21. The van der Waals surface area contributed by atoms with Gasteiger partial charge in [-0.25, -0.2) is 0 Å². The van der Waals surface area contributed by atoms with E-state index < -0.39 is 5.51 Å². The van der Waals surface area contributed by atoms with Crippen LogP contribution in [0, 0.1) is 0 Å². The van der Waals surface area contributed by atoms with Crippen molar-refractivity contribution in [1.82, 2.24) is 4.57 Å². The summed E-state index contributed by atoms with van der Waals surface area (Å²) in [6, 6.07) is 7.99. The van der Waals surface area contributed by atoms with Crippen molar-refractivity contribution in [2.45, 2.75) is 37.9 Å². The third kappa shape index (κ3) is 4.41. The van der Waals surface area contributed by atoms with E-state index in [1.165, 1.54) is 0 Å². The van der Waals surface area contributed by atoms with Crippen LogP contribution in [0.3, 0.4) is 0 Å². The summed E-state index contributed by atoms with van der Waals surface area (Å²) in [5, 5.41) is 1.08. The number of aryl methyl sites for hydroxylation is 1. The van der Waals surface area contributed by atoms with E-state index in [2.05, 4.69) is 0 Å². The summed E-state index contributed by atoms with van der Waals surface area (Å²) < 4.78 is 38.4. The van der Waals surface area contributed by atoms with Gasteiger partial charge in [0.15, 0.2) is 0 Å². The molecule has 2 rings (SSSR count). The molecule has 6 heteroatoms. The van der Waals surface area contributed by atoms with E-state index in [1.54, 1.807) is 0 Å². The Hall–Kier alpha value is -1.14. The molecule has 1 aromatic carbocycles. The lowest BCUT2D eigenvalue weighted by Gasteiger charge is -2.11. The minimum Gasteiger partial charge on any atom is -0.347 e. The lowest BCUT2D eigenvalue weighted by molar-refractivity contribution is -0.0328. The number of rotatable bonds is 6. The molecule has 0 aliphatic heterocycles. The molecule has 1 aromatic heterocycles. The first kappa shape index (κ1) is 16.2. The van der Waals surface area contributed by atoms with Crippen molar-refractivity contribution in [3.63, 3.8) is 0 Å². The van der Waals surface area contributed by atoms with Gasteiger partial charge in [-0.05, 0) is 42.3 Å². The highest BCUT2D eigenvalue weighted by atomic mass is 32.2. The normalized spacial score (nSPS) is 13.8. The Bertz CT molecular complexity index is 592. The monoisotopic (exact) mass is 316 g/mol. The van der Waals surface area contributed by atoms with Crippen LogP contribution in [0.1, 0.15) is 18.9 Å². The molecule has 1 atom stereocenters. The van der Waals surface area contributed by atoms with Crippen LogP contribution in [-0.4, -0.2) is 21.9 Å². The highest BCUT2D eigenvalue weighted by Crippen LogP contribution is 2.30. The summed E-state index contributed by atoms with van der Waals surface area (Å²) in [5.74, 6) is 0.0198.